The molecule has 3 N–H and O–H groups in total. The zero-order valence-electron chi connectivity index (χ0n) is 14.1. The first-order valence-corrected chi connectivity index (χ1v) is 9.04. The summed E-state index contributed by atoms with van der Waals surface area (Å²) in [5.41, 5.74) is 5.85. The number of nitrogens with two attached hydrogens (primary N) is 1. The monoisotopic (exact) mass is 430 g/mol. The van der Waals surface area contributed by atoms with Gasteiger partial charge in [-0.15, -0.1) is 0 Å². The molecule has 1 unspecified atom stereocenters. The highest BCUT2D eigenvalue weighted by molar-refractivity contribution is 6.37. The number of nitrogens with one attached hydrogen (secondary N) is 1. The van der Waals surface area contributed by atoms with Gasteiger partial charge >= 0.3 is 12.0 Å². The Morgan fingerprint density at radius 2 is 1.63 bits per heavy atom. The van der Waals surface area contributed by atoms with Gasteiger partial charge < -0.3 is 20.5 Å². The molecule has 9 heteroatoms. The molecule has 144 valence electrons. The molecule has 0 radical (unpaired) electrons. The number of halogens is 3. The van der Waals surface area contributed by atoms with E-state index in [1.807, 2.05) is 0 Å². The fourth-order valence-corrected chi connectivity index (χ4v) is 2.90. The standard InChI is InChI=1S/C18H17Cl3N2O4/c19-12-6-4-11(5-7-12)15(23-18(22)25)10-16(24)26-8-9-27-17-13(20)2-1-3-14(17)21/h1-7,15H,8-10H2,(H3,22,23,25). The number of urea groups is 1. The quantitative estimate of drug-likeness (QED) is 0.480. The molecule has 0 saturated carbocycles. The molecule has 2 aromatic carbocycles. The first-order valence-electron chi connectivity index (χ1n) is 7.90. The van der Waals surface area contributed by atoms with Gasteiger partial charge in [-0.1, -0.05) is 53.0 Å². The van der Waals surface area contributed by atoms with E-state index in [-0.39, 0.29) is 19.6 Å². The van der Waals surface area contributed by atoms with Crippen molar-refractivity contribution in [2.75, 3.05) is 13.2 Å². The fourth-order valence-electron chi connectivity index (χ4n) is 2.26. The van der Waals surface area contributed by atoms with Crippen molar-refractivity contribution in [1.82, 2.24) is 5.32 Å². The maximum atomic E-state index is 12.1. The van der Waals surface area contributed by atoms with Crippen LogP contribution in [0, 0.1) is 0 Å². The first kappa shape index (κ1) is 21.2. The predicted octanol–water partition coefficient (Wildman–Crippen LogP) is 4.37. The highest BCUT2D eigenvalue weighted by Crippen LogP contribution is 2.32. The van der Waals surface area contributed by atoms with Gasteiger partial charge in [-0.3, -0.25) is 4.79 Å². The van der Waals surface area contributed by atoms with Crippen molar-refractivity contribution in [1.29, 1.82) is 0 Å². The van der Waals surface area contributed by atoms with Crippen LogP contribution in [-0.2, 0) is 9.53 Å². The smallest absolute Gasteiger partial charge is 0.312 e. The van der Waals surface area contributed by atoms with Crippen molar-refractivity contribution >= 4 is 46.8 Å². The highest BCUT2D eigenvalue weighted by Gasteiger charge is 2.18. The molecular formula is C18H17Cl3N2O4. The lowest BCUT2D eigenvalue weighted by molar-refractivity contribution is -0.144. The third kappa shape index (κ3) is 6.82. The Labute approximate surface area is 171 Å². The second kappa shape index (κ2) is 10.3. The summed E-state index contributed by atoms with van der Waals surface area (Å²) in [5.74, 6) is -0.205. The van der Waals surface area contributed by atoms with Crippen molar-refractivity contribution in [3.05, 3.63) is 63.1 Å². The molecule has 27 heavy (non-hydrogen) atoms. The summed E-state index contributed by atoms with van der Waals surface area (Å²) in [6.07, 6.45) is -0.0998. The van der Waals surface area contributed by atoms with E-state index in [4.69, 9.17) is 50.0 Å². The number of ether oxygens (including phenoxy) is 2. The van der Waals surface area contributed by atoms with Gasteiger partial charge in [0.05, 0.1) is 22.5 Å². The minimum absolute atomic E-state index is 0.00963. The Morgan fingerprint density at radius 3 is 2.22 bits per heavy atom. The Morgan fingerprint density at radius 1 is 1.00 bits per heavy atom. The lowest BCUT2D eigenvalue weighted by Crippen LogP contribution is -2.34. The van der Waals surface area contributed by atoms with E-state index < -0.39 is 18.0 Å². The van der Waals surface area contributed by atoms with Crippen LogP contribution in [0.5, 0.6) is 5.75 Å². The van der Waals surface area contributed by atoms with Gasteiger partial charge in [0.2, 0.25) is 0 Å². The minimum Gasteiger partial charge on any atom is -0.487 e. The zero-order chi connectivity index (χ0) is 19.8. The summed E-state index contributed by atoms with van der Waals surface area (Å²) in [6, 6.07) is 10.3. The predicted molar refractivity (Wildman–Crippen MR) is 104 cm³/mol. The molecule has 1 atom stereocenters. The van der Waals surface area contributed by atoms with E-state index in [9.17, 15) is 9.59 Å². The molecule has 0 aliphatic carbocycles. The number of benzene rings is 2. The molecule has 0 heterocycles. The molecular weight excluding hydrogens is 415 g/mol. The molecule has 0 aliphatic heterocycles. The van der Waals surface area contributed by atoms with Gasteiger partial charge in [-0.05, 0) is 29.8 Å². The Balaban J connectivity index is 1.86. The number of carbonyl (C=O) groups is 2. The van der Waals surface area contributed by atoms with Crippen molar-refractivity contribution in [2.24, 2.45) is 5.73 Å². The van der Waals surface area contributed by atoms with Crippen LogP contribution < -0.4 is 15.8 Å². The van der Waals surface area contributed by atoms with Crippen LogP contribution in [0.3, 0.4) is 0 Å². The number of hydrogen-bond acceptors (Lipinski definition) is 4. The minimum atomic E-state index is -0.751. The molecule has 0 spiro atoms. The van der Waals surface area contributed by atoms with Crippen LogP contribution in [0.1, 0.15) is 18.0 Å². The molecule has 0 bridgehead atoms. The third-order valence-electron chi connectivity index (χ3n) is 3.47. The maximum absolute atomic E-state index is 12.1. The molecule has 0 fully saturated rings. The molecule has 0 saturated heterocycles. The molecule has 2 amide bonds. The van der Waals surface area contributed by atoms with Gasteiger partial charge in [0.15, 0.2) is 5.75 Å². The van der Waals surface area contributed by atoms with E-state index in [0.717, 1.165) is 0 Å². The summed E-state index contributed by atoms with van der Waals surface area (Å²) in [5, 5.41) is 3.77. The average Bonchev–Trinajstić information content (AvgIpc) is 2.60. The molecule has 0 aromatic heterocycles. The van der Waals surface area contributed by atoms with E-state index in [1.165, 1.54) is 0 Å². The van der Waals surface area contributed by atoms with Crippen molar-refractivity contribution in [3.63, 3.8) is 0 Å². The fraction of sp³-hybridized carbons (Fsp3) is 0.222. The number of carbonyl (C=O) groups excluding carboxylic acids is 2. The van der Waals surface area contributed by atoms with Crippen LogP contribution in [0.15, 0.2) is 42.5 Å². The largest absolute Gasteiger partial charge is 0.487 e. The number of hydrogen-bond donors (Lipinski definition) is 2. The van der Waals surface area contributed by atoms with E-state index in [0.29, 0.717) is 26.4 Å². The Bertz CT molecular complexity index is 779. The number of para-hydroxylation sites is 1. The number of primary amides is 1. The van der Waals surface area contributed by atoms with Crippen molar-refractivity contribution in [3.8, 4) is 5.75 Å². The second-order valence-electron chi connectivity index (χ2n) is 5.44. The first-order chi connectivity index (χ1) is 12.9. The average molecular weight is 432 g/mol. The molecule has 0 aliphatic rings. The van der Waals surface area contributed by atoms with Crippen LogP contribution in [0.2, 0.25) is 15.1 Å². The van der Waals surface area contributed by atoms with Gasteiger partial charge in [0.1, 0.15) is 13.2 Å². The normalized spacial score (nSPS) is 11.5. The second-order valence-corrected chi connectivity index (χ2v) is 6.69. The van der Waals surface area contributed by atoms with E-state index >= 15 is 0 Å². The van der Waals surface area contributed by atoms with Crippen molar-refractivity contribution in [2.45, 2.75) is 12.5 Å². The summed E-state index contributed by atoms with van der Waals surface area (Å²) in [7, 11) is 0. The van der Waals surface area contributed by atoms with Crippen LogP contribution in [-0.4, -0.2) is 25.2 Å². The summed E-state index contributed by atoms with van der Waals surface area (Å²) < 4.78 is 10.6. The van der Waals surface area contributed by atoms with E-state index in [2.05, 4.69) is 5.32 Å². The number of esters is 1. The van der Waals surface area contributed by atoms with Gasteiger partial charge in [-0.2, -0.15) is 0 Å². The molecule has 2 aromatic rings. The zero-order valence-corrected chi connectivity index (χ0v) is 16.4. The summed E-state index contributed by atoms with van der Waals surface area (Å²) in [4.78, 5) is 23.3. The van der Waals surface area contributed by atoms with Gasteiger partial charge in [0.25, 0.3) is 0 Å². The van der Waals surface area contributed by atoms with Crippen LogP contribution in [0.4, 0.5) is 4.79 Å². The highest BCUT2D eigenvalue weighted by atomic mass is 35.5. The van der Waals surface area contributed by atoms with Crippen molar-refractivity contribution < 1.29 is 19.1 Å². The topological polar surface area (TPSA) is 90.7 Å². The Hall–Kier alpha value is -2.15. The number of amides is 2. The molecule has 2 rings (SSSR count). The summed E-state index contributed by atoms with van der Waals surface area (Å²) >= 11 is 17.8. The third-order valence-corrected chi connectivity index (χ3v) is 4.32. The SMILES string of the molecule is NC(=O)NC(CC(=O)OCCOc1c(Cl)cccc1Cl)c1ccc(Cl)cc1. The Kier molecular flexibility index (Phi) is 8.03. The van der Waals surface area contributed by atoms with Crippen LogP contribution >= 0.6 is 34.8 Å². The molecule has 6 nitrogen and oxygen atoms in total. The maximum Gasteiger partial charge on any atom is 0.312 e. The van der Waals surface area contributed by atoms with Gasteiger partial charge in [-0.25, -0.2) is 4.79 Å². The summed E-state index contributed by atoms with van der Waals surface area (Å²) in [6.45, 7) is 0.0638. The lowest BCUT2D eigenvalue weighted by Gasteiger charge is -2.17. The lowest BCUT2D eigenvalue weighted by atomic mass is 10.0. The van der Waals surface area contributed by atoms with Gasteiger partial charge in [0, 0.05) is 5.02 Å². The number of rotatable bonds is 8. The van der Waals surface area contributed by atoms with E-state index in [1.54, 1.807) is 42.5 Å². The van der Waals surface area contributed by atoms with Crippen LogP contribution in [0.25, 0.3) is 0 Å².